The van der Waals surface area contributed by atoms with Gasteiger partial charge in [-0.1, -0.05) is 53.5 Å². The van der Waals surface area contributed by atoms with Gasteiger partial charge in [-0.3, -0.25) is 4.79 Å². The zero-order chi connectivity index (χ0) is 14.7. The molecule has 3 rings (SSSR count). The lowest BCUT2D eigenvalue weighted by atomic mass is 9.95. The first-order valence-electron chi connectivity index (χ1n) is 6.76. The van der Waals surface area contributed by atoms with E-state index in [9.17, 15) is 4.79 Å². The molecule has 0 saturated heterocycles. The third kappa shape index (κ3) is 2.82. The fourth-order valence-corrected chi connectivity index (χ4v) is 2.96. The maximum absolute atomic E-state index is 12.5. The average molecular weight is 297 g/mol. The first-order chi connectivity index (χ1) is 10.2. The SMILES string of the molecule is NCC#Cc1cnc(NC(=O)C2(c3ccccc3)CC2)s1. The zero-order valence-corrected chi connectivity index (χ0v) is 12.2. The molecule has 1 amide bonds. The van der Waals surface area contributed by atoms with Crippen molar-refractivity contribution in [2.75, 3.05) is 11.9 Å². The standard InChI is InChI=1S/C16H15N3OS/c17-10-4-7-13-11-18-15(21-13)19-14(20)16(8-9-16)12-5-2-1-3-6-12/h1-3,5-6,11H,8-10,17H2,(H,18,19,20). The molecule has 0 spiro atoms. The molecule has 21 heavy (non-hydrogen) atoms. The molecule has 4 nitrogen and oxygen atoms in total. The van der Waals surface area contributed by atoms with Gasteiger partial charge in [-0.2, -0.15) is 0 Å². The predicted molar refractivity (Wildman–Crippen MR) is 84.0 cm³/mol. The van der Waals surface area contributed by atoms with Gasteiger partial charge in [0, 0.05) is 0 Å². The van der Waals surface area contributed by atoms with Crippen molar-refractivity contribution in [1.29, 1.82) is 0 Å². The van der Waals surface area contributed by atoms with Gasteiger partial charge in [-0.25, -0.2) is 4.98 Å². The predicted octanol–water partition coefficient (Wildman–Crippen LogP) is 2.12. The van der Waals surface area contributed by atoms with Gasteiger partial charge >= 0.3 is 0 Å². The number of carbonyl (C=O) groups excluding carboxylic acids is 1. The van der Waals surface area contributed by atoms with Crippen LogP contribution in [0.3, 0.4) is 0 Å². The summed E-state index contributed by atoms with van der Waals surface area (Å²) in [7, 11) is 0. The molecule has 0 bridgehead atoms. The van der Waals surface area contributed by atoms with E-state index in [1.54, 1.807) is 6.20 Å². The number of nitrogens with two attached hydrogens (primary N) is 1. The highest BCUT2D eigenvalue weighted by molar-refractivity contribution is 7.16. The number of aromatic nitrogens is 1. The largest absolute Gasteiger partial charge is 0.320 e. The van der Waals surface area contributed by atoms with Crippen LogP contribution in [-0.2, 0) is 10.2 Å². The molecule has 0 atom stereocenters. The summed E-state index contributed by atoms with van der Waals surface area (Å²) >= 11 is 1.37. The number of anilines is 1. The van der Waals surface area contributed by atoms with Gasteiger partial charge in [-0.05, 0) is 18.4 Å². The van der Waals surface area contributed by atoms with Crippen LogP contribution in [0.1, 0.15) is 23.3 Å². The van der Waals surface area contributed by atoms with Crippen molar-refractivity contribution >= 4 is 22.4 Å². The van der Waals surface area contributed by atoms with Gasteiger partial charge in [0.05, 0.1) is 23.0 Å². The summed E-state index contributed by atoms with van der Waals surface area (Å²) in [6.07, 6.45) is 3.42. The van der Waals surface area contributed by atoms with Crippen LogP contribution in [0.5, 0.6) is 0 Å². The van der Waals surface area contributed by atoms with Crippen LogP contribution in [0.2, 0.25) is 0 Å². The number of nitrogens with zero attached hydrogens (tertiary/aromatic N) is 1. The van der Waals surface area contributed by atoms with E-state index in [1.165, 1.54) is 11.3 Å². The Labute approximate surface area is 127 Å². The van der Waals surface area contributed by atoms with E-state index >= 15 is 0 Å². The van der Waals surface area contributed by atoms with Crippen molar-refractivity contribution in [3.8, 4) is 11.8 Å². The molecule has 0 radical (unpaired) electrons. The number of thiazole rings is 1. The molecule has 1 aliphatic rings. The first kappa shape index (κ1) is 13.8. The molecule has 1 heterocycles. The van der Waals surface area contributed by atoms with Gasteiger partial charge in [0.2, 0.25) is 5.91 Å². The Morgan fingerprint density at radius 2 is 2.14 bits per heavy atom. The van der Waals surface area contributed by atoms with Crippen molar-refractivity contribution in [2.24, 2.45) is 5.73 Å². The molecule has 1 fully saturated rings. The van der Waals surface area contributed by atoms with E-state index in [-0.39, 0.29) is 11.3 Å². The van der Waals surface area contributed by atoms with Crippen LogP contribution in [0.15, 0.2) is 36.5 Å². The number of hydrogen-bond acceptors (Lipinski definition) is 4. The lowest BCUT2D eigenvalue weighted by molar-refractivity contribution is -0.118. The monoisotopic (exact) mass is 297 g/mol. The van der Waals surface area contributed by atoms with E-state index in [4.69, 9.17) is 5.73 Å². The fourth-order valence-electron chi connectivity index (χ4n) is 2.27. The molecular formula is C16H15N3OS. The van der Waals surface area contributed by atoms with Gasteiger partial charge in [0.25, 0.3) is 0 Å². The number of benzene rings is 1. The third-order valence-electron chi connectivity index (χ3n) is 3.55. The number of rotatable bonds is 3. The van der Waals surface area contributed by atoms with E-state index in [2.05, 4.69) is 22.1 Å². The molecular weight excluding hydrogens is 282 g/mol. The molecule has 1 aromatic heterocycles. The van der Waals surface area contributed by atoms with E-state index in [1.807, 2.05) is 30.3 Å². The van der Waals surface area contributed by atoms with E-state index in [0.717, 1.165) is 23.3 Å². The van der Waals surface area contributed by atoms with Crippen molar-refractivity contribution in [2.45, 2.75) is 18.3 Å². The Balaban J connectivity index is 1.74. The molecule has 5 heteroatoms. The highest BCUT2D eigenvalue weighted by Gasteiger charge is 2.51. The van der Waals surface area contributed by atoms with E-state index in [0.29, 0.717) is 11.7 Å². The number of nitrogens with one attached hydrogen (secondary N) is 1. The maximum atomic E-state index is 12.5. The second-order valence-corrected chi connectivity index (χ2v) is 5.97. The maximum Gasteiger partial charge on any atom is 0.236 e. The van der Waals surface area contributed by atoms with E-state index < -0.39 is 0 Å². The molecule has 1 aromatic carbocycles. The van der Waals surface area contributed by atoms with Gasteiger partial charge in [-0.15, -0.1) is 0 Å². The summed E-state index contributed by atoms with van der Waals surface area (Å²) in [5, 5.41) is 3.50. The Hall–Kier alpha value is -2.16. The molecule has 3 N–H and O–H groups in total. The van der Waals surface area contributed by atoms with Crippen LogP contribution < -0.4 is 11.1 Å². The minimum absolute atomic E-state index is 0.0152. The van der Waals surface area contributed by atoms with Crippen LogP contribution in [0.4, 0.5) is 5.13 Å². The van der Waals surface area contributed by atoms with Crippen molar-refractivity contribution in [3.63, 3.8) is 0 Å². The lowest BCUT2D eigenvalue weighted by Gasteiger charge is -2.14. The normalized spacial score (nSPS) is 14.9. The quantitative estimate of drug-likeness (QED) is 0.853. The van der Waals surface area contributed by atoms with Crippen molar-refractivity contribution in [1.82, 2.24) is 4.98 Å². The van der Waals surface area contributed by atoms with Crippen molar-refractivity contribution < 1.29 is 4.79 Å². The Kier molecular flexibility index (Phi) is 3.74. The summed E-state index contributed by atoms with van der Waals surface area (Å²) in [5.41, 5.74) is 6.03. The zero-order valence-electron chi connectivity index (χ0n) is 11.4. The first-order valence-corrected chi connectivity index (χ1v) is 7.58. The highest BCUT2D eigenvalue weighted by atomic mass is 32.1. The molecule has 2 aromatic rings. The highest BCUT2D eigenvalue weighted by Crippen LogP contribution is 2.49. The number of hydrogen-bond donors (Lipinski definition) is 2. The lowest BCUT2D eigenvalue weighted by Crippen LogP contribution is -2.27. The summed E-state index contributed by atoms with van der Waals surface area (Å²) in [6, 6.07) is 9.90. The topological polar surface area (TPSA) is 68.0 Å². The summed E-state index contributed by atoms with van der Waals surface area (Å²) < 4.78 is 0. The number of amides is 1. The minimum atomic E-state index is -0.379. The smallest absolute Gasteiger partial charge is 0.236 e. The molecule has 0 aliphatic heterocycles. The third-order valence-corrected chi connectivity index (χ3v) is 4.38. The molecule has 106 valence electrons. The van der Waals surface area contributed by atoms with Crippen LogP contribution >= 0.6 is 11.3 Å². The van der Waals surface area contributed by atoms with Crippen LogP contribution in [0, 0.1) is 11.8 Å². The minimum Gasteiger partial charge on any atom is -0.320 e. The van der Waals surface area contributed by atoms with Gasteiger partial charge in [0.1, 0.15) is 0 Å². The number of carbonyl (C=O) groups is 1. The summed E-state index contributed by atoms with van der Waals surface area (Å²) in [6.45, 7) is 0.316. The second kappa shape index (κ2) is 5.68. The fraction of sp³-hybridized carbons (Fsp3) is 0.250. The molecule has 1 saturated carbocycles. The molecule has 0 unspecified atom stereocenters. The van der Waals surface area contributed by atoms with Crippen molar-refractivity contribution in [3.05, 3.63) is 47.0 Å². The second-order valence-electron chi connectivity index (χ2n) is 4.94. The summed E-state index contributed by atoms with van der Waals surface area (Å²) in [4.78, 5) is 17.5. The van der Waals surface area contributed by atoms with Gasteiger partial charge < -0.3 is 11.1 Å². The Bertz CT molecular complexity index is 708. The van der Waals surface area contributed by atoms with Crippen LogP contribution in [-0.4, -0.2) is 17.4 Å². The average Bonchev–Trinajstić information content (AvgIpc) is 3.22. The Morgan fingerprint density at radius 3 is 2.81 bits per heavy atom. The molecule has 1 aliphatic carbocycles. The van der Waals surface area contributed by atoms with Gasteiger partial charge in [0.15, 0.2) is 5.13 Å². The van der Waals surface area contributed by atoms with Crippen LogP contribution in [0.25, 0.3) is 0 Å². The summed E-state index contributed by atoms with van der Waals surface area (Å²) in [5.74, 6) is 5.70. The Morgan fingerprint density at radius 1 is 1.38 bits per heavy atom.